The largest absolute Gasteiger partial charge is 0.497 e. The van der Waals surface area contributed by atoms with Crippen LogP contribution in [0, 0.1) is 0 Å². The average molecular weight is 516 g/mol. The Labute approximate surface area is 215 Å². The third-order valence-corrected chi connectivity index (χ3v) is 8.13. The lowest BCUT2D eigenvalue weighted by Gasteiger charge is -2.32. The number of hydrogen-bond donors (Lipinski definition) is 0. The van der Waals surface area contributed by atoms with Gasteiger partial charge in [0.15, 0.2) is 5.03 Å². The van der Waals surface area contributed by atoms with Crippen LogP contribution >= 0.6 is 0 Å². The van der Waals surface area contributed by atoms with Gasteiger partial charge in [-0.3, -0.25) is 4.68 Å². The van der Waals surface area contributed by atoms with Crippen molar-refractivity contribution in [2.75, 3.05) is 35.4 Å². The molecule has 0 spiro atoms. The van der Waals surface area contributed by atoms with E-state index in [9.17, 15) is 8.42 Å². The molecule has 0 amide bonds. The van der Waals surface area contributed by atoms with Gasteiger partial charge in [-0.15, -0.1) is 0 Å². The molecule has 1 unspecified atom stereocenters. The second-order valence-corrected chi connectivity index (χ2v) is 12.1. The summed E-state index contributed by atoms with van der Waals surface area (Å²) in [6.45, 7) is 6.53. The van der Waals surface area contributed by atoms with Gasteiger partial charge in [0.2, 0.25) is 0 Å². The number of sulfonamides is 1. The van der Waals surface area contributed by atoms with Gasteiger partial charge in [0.25, 0.3) is 10.0 Å². The van der Waals surface area contributed by atoms with Crippen molar-refractivity contribution in [1.82, 2.24) is 14.1 Å². The highest BCUT2D eigenvalue weighted by molar-refractivity contribution is 7.89. The summed E-state index contributed by atoms with van der Waals surface area (Å²) in [6, 6.07) is 16.7. The van der Waals surface area contributed by atoms with Crippen molar-refractivity contribution >= 4 is 10.0 Å². The number of ether oxygens (including phenoxy) is 2. The van der Waals surface area contributed by atoms with Crippen LogP contribution in [0.1, 0.15) is 49.7 Å². The highest BCUT2D eigenvalue weighted by Crippen LogP contribution is 2.29. The summed E-state index contributed by atoms with van der Waals surface area (Å²) in [5.41, 5.74) is 2.61. The zero-order chi connectivity index (χ0) is 26.7. The number of aromatic nitrogens is 2. The number of rotatable bonds is 11. The molecule has 0 N–H and O–H groups in total. The predicted octanol–water partition coefficient (Wildman–Crippen LogP) is 4.64. The normalized spacial score (nSPS) is 13.3. The molecule has 9 heteroatoms. The summed E-state index contributed by atoms with van der Waals surface area (Å²) >= 11 is 0. The summed E-state index contributed by atoms with van der Waals surface area (Å²) in [4.78, 5) is 0. The maximum atomic E-state index is 14.0. The molecule has 3 rings (SSSR count). The maximum Gasteiger partial charge on any atom is 0.263 e. The molecule has 36 heavy (non-hydrogen) atoms. The molecule has 0 aliphatic heterocycles. The molecule has 1 atom stereocenters. The van der Waals surface area contributed by atoms with Gasteiger partial charge in [0.1, 0.15) is 17.5 Å². The fraction of sp³-hybridized carbons (Fsp3) is 0.444. The standard InChI is InChI=1S/C27H39N4O4S/c1-20(2)30-26(21(3)31(4,5)6)17-27(28-30)36(32,33)29(18-22-9-13-24(34-7)14-10-22)19-23-11-15-25(35-8)16-12-23/h9-17,20-21H,18-19H2,1-8H3/q+1. The molecule has 0 fully saturated rings. The van der Waals surface area contributed by atoms with Crippen LogP contribution in [0.2, 0.25) is 0 Å². The molecular weight excluding hydrogens is 476 g/mol. The van der Waals surface area contributed by atoms with Crippen LogP contribution in [-0.2, 0) is 23.1 Å². The number of methoxy groups -OCH3 is 2. The van der Waals surface area contributed by atoms with Crippen LogP contribution < -0.4 is 9.47 Å². The molecule has 1 aromatic heterocycles. The van der Waals surface area contributed by atoms with E-state index in [-0.39, 0.29) is 30.2 Å². The van der Waals surface area contributed by atoms with E-state index in [0.717, 1.165) is 28.3 Å². The Kier molecular flexibility index (Phi) is 8.48. The topological polar surface area (TPSA) is 73.7 Å². The smallest absolute Gasteiger partial charge is 0.263 e. The maximum absolute atomic E-state index is 14.0. The minimum Gasteiger partial charge on any atom is -0.497 e. The highest BCUT2D eigenvalue weighted by atomic mass is 32.2. The predicted molar refractivity (Wildman–Crippen MR) is 141 cm³/mol. The quantitative estimate of drug-likeness (QED) is 0.348. The Morgan fingerprint density at radius 1 is 0.861 bits per heavy atom. The van der Waals surface area contributed by atoms with Crippen molar-refractivity contribution in [2.45, 2.75) is 51.0 Å². The van der Waals surface area contributed by atoms with Crippen molar-refractivity contribution in [3.05, 3.63) is 71.4 Å². The number of benzene rings is 2. The molecule has 8 nitrogen and oxygen atoms in total. The molecular formula is C27H39N4O4S+. The summed E-state index contributed by atoms with van der Waals surface area (Å²) in [7, 11) is 5.58. The van der Waals surface area contributed by atoms with Crippen molar-refractivity contribution in [3.8, 4) is 11.5 Å². The first-order valence-electron chi connectivity index (χ1n) is 12.0. The molecule has 0 saturated carbocycles. The van der Waals surface area contributed by atoms with Crippen LogP contribution in [0.25, 0.3) is 0 Å². The van der Waals surface area contributed by atoms with Gasteiger partial charge in [-0.2, -0.15) is 9.40 Å². The van der Waals surface area contributed by atoms with Crippen molar-refractivity contribution in [3.63, 3.8) is 0 Å². The van der Waals surface area contributed by atoms with E-state index < -0.39 is 10.0 Å². The Morgan fingerprint density at radius 3 is 1.67 bits per heavy atom. The monoisotopic (exact) mass is 515 g/mol. The fourth-order valence-corrected chi connectivity index (χ4v) is 5.22. The van der Waals surface area contributed by atoms with Crippen LogP contribution in [0.15, 0.2) is 59.6 Å². The van der Waals surface area contributed by atoms with Crippen LogP contribution in [0.3, 0.4) is 0 Å². The zero-order valence-electron chi connectivity index (χ0n) is 22.6. The first-order valence-corrected chi connectivity index (χ1v) is 13.5. The summed E-state index contributed by atoms with van der Waals surface area (Å²) in [6.07, 6.45) is 0. The lowest BCUT2D eigenvalue weighted by atomic mass is 10.2. The molecule has 196 valence electrons. The molecule has 0 aliphatic carbocycles. The third kappa shape index (κ3) is 6.27. The first kappa shape index (κ1) is 27.7. The lowest BCUT2D eigenvalue weighted by Crippen LogP contribution is -2.38. The zero-order valence-corrected chi connectivity index (χ0v) is 23.4. The average Bonchev–Trinajstić information content (AvgIpc) is 3.30. The third-order valence-electron chi connectivity index (χ3n) is 6.46. The number of quaternary nitrogens is 1. The van der Waals surface area contributed by atoms with Crippen molar-refractivity contribution in [2.24, 2.45) is 0 Å². The molecule has 0 saturated heterocycles. The molecule has 0 bridgehead atoms. The van der Waals surface area contributed by atoms with E-state index in [0.29, 0.717) is 4.48 Å². The lowest BCUT2D eigenvalue weighted by molar-refractivity contribution is -0.900. The van der Waals surface area contributed by atoms with Gasteiger partial charge >= 0.3 is 0 Å². The second-order valence-electron chi connectivity index (χ2n) is 10.2. The van der Waals surface area contributed by atoms with E-state index in [1.165, 1.54) is 4.31 Å². The van der Waals surface area contributed by atoms with E-state index in [1.807, 2.05) is 67.1 Å². The summed E-state index contributed by atoms with van der Waals surface area (Å²) < 4.78 is 42.6. The van der Waals surface area contributed by atoms with Crippen molar-refractivity contribution in [1.29, 1.82) is 0 Å². The Bertz CT molecular complexity index is 1190. The Morgan fingerprint density at radius 2 is 1.31 bits per heavy atom. The van der Waals surface area contributed by atoms with Gasteiger partial charge in [-0.25, -0.2) is 8.42 Å². The van der Waals surface area contributed by atoms with Gasteiger partial charge in [0.05, 0.1) is 41.1 Å². The number of nitrogens with zero attached hydrogens (tertiary/aromatic N) is 4. The Balaban J connectivity index is 2.05. The summed E-state index contributed by atoms with van der Waals surface area (Å²) in [5.74, 6) is 1.44. The molecule has 0 radical (unpaired) electrons. The molecule has 2 aromatic carbocycles. The second kappa shape index (κ2) is 11.0. The van der Waals surface area contributed by atoms with Crippen molar-refractivity contribution < 1.29 is 22.4 Å². The van der Waals surface area contributed by atoms with Crippen LogP contribution in [0.4, 0.5) is 0 Å². The first-order chi connectivity index (χ1) is 16.9. The molecule has 3 aromatic rings. The minimum atomic E-state index is -3.91. The van der Waals surface area contributed by atoms with E-state index >= 15 is 0 Å². The van der Waals surface area contributed by atoms with E-state index in [4.69, 9.17) is 9.47 Å². The minimum absolute atomic E-state index is 0.0228. The van der Waals surface area contributed by atoms with Gasteiger partial charge in [-0.1, -0.05) is 24.3 Å². The molecule has 0 aliphatic rings. The van der Waals surface area contributed by atoms with Gasteiger partial charge < -0.3 is 14.0 Å². The van der Waals surface area contributed by atoms with E-state index in [1.54, 1.807) is 20.3 Å². The van der Waals surface area contributed by atoms with Gasteiger partial charge in [0, 0.05) is 25.2 Å². The van der Waals surface area contributed by atoms with Gasteiger partial charge in [-0.05, 0) is 56.2 Å². The SMILES string of the molecule is COc1ccc(CN(Cc2ccc(OC)cc2)S(=O)(=O)c2cc(C(C)[N+](C)(C)C)n(C(C)C)n2)cc1. The van der Waals surface area contributed by atoms with E-state index in [2.05, 4.69) is 33.2 Å². The van der Waals surface area contributed by atoms with Crippen LogP contribution in [0.5, 0.6) is 11.5 Å². The van der Waals surface area contributed by atoms with Crippen LogP contribution in [-0.4, -0.2) is 62.3 Å². The fourth-order valence-electron chi connectivity index (χ4n) is 3.86. The Hall–Kier alpha value is -2.88. The number of hydrogen-bond acceptors (Lipinski definition) is 5. The molecule has 1 heterocycles. The summed E-state index contributed by atoms with van der Waals surface area (Å²) in [5, 5.41) is 4.68. The highest BCUT2D eigenvalue weighted by Gasteiger charge is 2.33.